The lowest BCUT2D eigenvalue weighted by atomic mass is 10.2. The van der Waals surface area contributed by atoms with Gasteiger partial charge in [0.15, 0.2) is 0 Å². The molecule has 1 aromatic carbocycles. The number of nitrogens with zero attached hydrogens (tertiary/aromatic N) is 1. The normalized spacial score (nSPS) is 12.3. The zero-order chi connectivity index (χ0) is 16.8. The van der Waals surface area contributed by atoms with Crippen LogP contribution in [0, 0.1) is 0 Å². The molecule has 2 N–H and O–H groups in total. The summed E-state index contributed by atoms with van der Waals surface area (Å²) >= 11 is 0. The van der Waals surface area contributed by atoms with Crippen LogP contribution in [0.25, 0.3) is 0 Å². The van der Waals surface area contributed by atoms with Crippen LogP contribution in [-0.4, -0.2) is 41.3 Å². The van der Waals surface area contributed by atoms with E-state index in [0.717, 1.165) is 0 Å². The fourth-order valence-electron chi connectivity index (χ4n) is 1.52. The average molecular weight is 347 g/mol. The first kappa shape index (κ1) is 18.6. The average Bonchev–Trinajstić information content (AvgIpc) is 2.45. The Hall–Kier alpha value is -1.42. The third-order valence-corrected chi connectivity index (χ3v) is 5.75. The maximum Gasteiger partial charge on any atom is 0.301 e. The van der Waals surface area contributed by atoms with E-state index in [9.17, 15) is 16.8 Å². The Kier molecular flexibility index (Phi) is 6.54. The van der Waals surface area contributed by atoms with Crippen molar-refractivity contribution in [1.29, 1.82) is 0 Å². The van der Waals surface area contributed by atoms with E-state index in [1.54, 1.807) is 19.1 Å². The van der Waals surface area contributed by atoms with Crippen LogP contribution in [0.3, 0.4) is 0 Å². The van der Waals surface area contributed by atoms with Crippen molar-refractivity contribution < 1.29 is 16.8 Å². The SMILES string of the molecule is C=CCNS(=O)(=O)Cc1ccc(NS(=O)(=O)N(C)CC)cc1. The second-order valence-electron chi connectivity index (χ2n) is 4.61. The number of hydrogen-bond donors (Lipinski definition) is 2. The summed E-state index contributed by atoms with van der Waals surface area (Å²) in [6.45, 7) is 5.69. The molecule has 0 bridgehead atoms. The highest BCUT2D eigenvalue weighted by atomic mass is 32.2. The van der Waals surface area contributed by atoms with Crippen LogP contribution in [0.15, 0.2) is 36.9 Å². The second kappa shape index (κ2) is 7.73. The molecule has 1 rings (SSSR count). The van der Waals surface area contributed by atoms with Crippen molar-refractivity contribution in [2.24, 2.45) is 0 Å². The molecule has 0 atom stereocenters. The van der Waals surface area contributed by atoms with Crippen molar-refractivity contribution in [3.05, 3.63) is 42.5 Å². The largest absolute Gasteiger partial charge is 0.301 e. The summed E-state index contributed by atoms with van der Waals surface area (Å²) in [5.74, 6) is -0.178. The van der Waals surface area contributed by atoms with Crippen molar-refractivity contribution >= 4 is 25.9 Å². The van der Waals surface area contributed by atoms with Gasteiger partial charge in [0.1, 0.15) is 0 Å². The zero-order valence-electron chi connectivity index (χ0n) is 12.6. The van der Waals surface area contributed by atoms with E-state index in [1.807, 2.05) is 0 Å². The number of sulfonamides is 1. The van der Waals surface area contributed by atoms with Gasteiger partial charge < -0.3 is 0 Å². The molecule has 22 heavy (non-hydrogen) atoms. The molecular formula is C13H21N3O4S2. The van der Waals surface area contributed by atoms with E-state index in [4.69, 9.17) is 0 Å². The second-order valence-corrected chi connectivity index (χ2v) is 8.20. The highest BCUT2D eigenvalue weighted by Gasteiger charge is 2.16. The van der Waals surface area contributed by atoms with Gasteiger partial charge in [-0.1, -0.05) is 25.1 Å². The molecule has 0 aromatic heterocycles. The van der Waals surface area contributed by atoms with Crippen LogP contribution < -0.4 is 9.44 Å². The third kappa shape index (κ3) is 5.76. The highest BCUT2D eigenvalue weighted by molar-refractivity contribution is 7.90. The van der Waals surface area contributed by atoms with Crippen LogP contribution in [0.4, 0.5) is 5.69 Å². The van der Waals surface area contributed by atoms with Gasteiger partial charge in [-0.15, -0.1) is 6.58 Å². The monoisotopic (exact) mass is 347 g/mol. The summed E-state index contributed by atoms with van der Waals surface area (Å²) in [5.41, 5.74) is 0.934. The van der Waals surface area contributed by atoms with Gasteiger partial charge in [0.25, 0.3) is 0 Å². The number of benzene rings is 1. The summed E-state index contributed by atoms with van der Waals surface area (Å²) in [6, 6.07) is 6.19. The molecule has 0 amide bonds. The number of anilines is 1. The molecule has 124 valence electrons. The number of hydrogen-bond acceptors (Lipinski definition) is 4. The minimum absolute atomic E-state index is 0.170. The van der Waals surface area contributed by atoms with Crippen LogP contribution in [0.5, 0.6) is 0 Å². The van der Waals surface area contributed by atoms with E-state index in [0.29, 0.717) is 17.8 Å². The van der Waals surface area contributed by atoms with Crippen molar-refractivity contribution in [1.82, 2.24) is 9.03 Å². The van der Waals surface area contributed by atoms with Crippen LogP contribution in [-0.2, 0) is 26.0 Å². The molecule has 0 unspecified atom stereocenters. The molecule has 7 nitrogen and oxygen atoms in total. The van der Waals surface area contributed by atoms with Crippen molar-refractivity contribution in [3.8, 4) is 0 Å². The topological polar surface area (TPSA) is 95.6 Å². The van der Waals surface area contributed by atoms with Gasteiger partial charge in [0.05, 0.1) is 5.75 Å². The van der Waals surface area contributed by atoms with Gasteiger partial charge in [-0.3, -0.25) is 4.72 Å². The first-order valence-corrected chi connectivity index (χ1v) is 9.70. The van der Waals surface area contributed by atoms with E-state index in [-0.39, 0.29) is 12.3 Å². The van der Waals surface area contributed by atoms with E-state index >= 15 is 0 Å². The molecular weight excluding hydrogens is 326 g/mol. The Morgan fingerprint density at radius 1 is 1.18 bits per heavy atom. The van der Waals surface area contributed by atoms with Crippen molar-refractivity contribution in [2.75, 3.05) is 24.9 Å². The van der Waals surface area contributed by atoms with Crippen LogP contribution >= 0.6 is 0 Å². The summed E-state index contributed by atoms with van der Waals surface area (Å²) in [4.78, 5) is 0. The summed E-state index contributed by atoms with van der Waals surface area (Å²) < 4.78 is 53.1. The molecule has 0 saturated heterocycles. The molecule has 0 heterocycles. The van der Waals surface area contributed by atoms with Gasteiger partial charge in [-0.25, -0.2) is 13.1 Å². The fourth-order valence-corrected chi connectivity index (χ4v) is 3.56. The lowest BCUT2D eigenvalue weighted by molar-refractivity contribution is 0.491. The third-order valence-electron chi connectivity index (χ3n) is 2.86. The smallest absolute Gasteiger partial charge is 0.271 e. The van der Waals surface area contributed by atoms with E-state index in [2.05, 4.69) is 16.0 Å². The summed E-state index contributed by atoms with van der Waals surface area (Å²) in [6.07, 6.45) is 1.46. The first-order valence-electron chi connectivity index (χ1n) is 6.61. The minimum atomic E-state index is -3.58. The molecule has 0 fully saturated rings. The summed E-state index contributed by atoms with van der Waals surface area (Å²) in [5, 5.41) is 0. The van der Waals surface area contributed by atoms with Crippen LogP contribution in [0.1, 0.15) is 12.5 Å². The number of rotatable bonds is 9. The predicted octanol–water partition coefficient (Wildman–Crippen LogP) is 0.900. The van der Waals surface area contributed by atoms with E-state index < -0.39 is 20.2 Å². The molecule has 0 aliphatic rings. The van der Waals surface area contributed by atoms with Crippen molar-refractivity contribution in [2.45, 2.75) is 12.7 Å². The molecule has 0 saturated carbocycles. The Balaban J connectivity index is 2.77. The highest BCUT2D eigenvalue weighted by Crippen LogP contribution is 2.14. The maximum atomic E-state index is 11.9. The molecule has 0 aliphatic carbocycles. The van der Waals surface area contributed by atoms with E-state index in [1.165, 1.54) is 29.6 Å². The van der Waals surface area contributed by atoms with Gasteiger partial charge in [-0.05, 0) is 17.7 Å². The van der Waals surface area contributed by atoms with Gasteiger partial charge in [0.2, 0.25) is 10.0 Å². The molecule has 0 spiro atoms. The summed E-state index contributed by atoms with van der Waals surface area (Å²) in [7, 11) is -5.55. The predicted molar refractivity (Wildman–Crippen MR) is 88.1 cm³/mol. The standard InChI is InChI=1S/C13H21N3O4S2/c1-4-10-14-21(17,18)11-12-6-8-13(9-7-12)15-22(19,20)16(3)5-2/h4,6-9,14-15H,1,5,10-11H2,2-3H3. The van der Waals surface area contributed by atoms with Gasteiger partial charge >= 0.3 is 10.2 Å². The molecule has 9 heteroatoms. The Bertz CT molecular complexity index is 697. The quantitative estimate of drug-likeness (QED) is 0.649. The lowest BCUT2D eigenvalue weighted by Gasteiger charge is -2.16. The number of nitrogens with one attached hydrogen (secondary N) is 2. The molecule has 1 aromatic rings. The Labute approximate surface area is 132 Å². The maximum absolute atomic E-state index is 11.9. The molecule has 0 aliphatic heterocycles. The zero-order valence-corrected chi connectivity index (χ0v) is 14.2. The van der Waals surface area contributed by atoms with Crippen molar-refractivity contribution in [3.63, 3.8) is 0 Å². The molecule has 0 radical (unpaired) electrons. The van der Waals surface area contributed by atoms with Gasteiger partial charge in [0, 0.05) is 25.8 Å². The fraction of sp³-hybridized carbons (Fsp3) is 0.385. The Morgan fingerprint density at radius 3 is 2.27 bits per heavy atom. The lowest BCUT2D eigenvalue weighted by Crippen LogP contribution is -2.32. The Morgan fingerprint density at radius 2 is 1.77 bits per heavy atom. The minimum Gasteiger partial charge on any atom is -0.271 e. The van der Waals surface area contributed by atoms with Gasteiger partial charge in [-0.2, -0.15) is 12.7 Å². The first-order chi connectivity index (χ1) is 10.2. The van der Waals surface area contributed by atoms with Crippen LogP contribution in [0.2, 0.25) is 0 Å².